The van der Waals surface area contributed by atoms with Gasteiger partial charge in [-0.1, -0.05) is 5.16 Å². The Labute approximate surface area is 237 Å². The van der Waals surface area contributed by atoms with Crippen molar-refractivity contribution >= 4 is 63.3 Å². The number of hydrogen-bond acceptors (Lipinski definition) is 14. The first-order chi connectivity index (χ1) is 19.4. The maximum absolute atomic E-state index is 13.0. The number of aromatic hydroxyl groups is 2. The first-order valence-corrected chi connectivity index (χ1v) is 13.5. The normalized spacial score (nSPS) is 18.3. The number of β-lactam (4-membered cyclic amide) rings is 1. The van der Waals surface area contributed by atoms with E-state index in [9.17, 15) is 44.6 Å². The van der Waals surface area contributed by atoms with Crippen molar-refractivity contribution in [3.63, 3.8) is 0 Å². The highest BCUT2D eigenvalue weighted by molar-refractivity contribution is 8.00. The molecule has 1 aromatic carbocycles. The van der Waals surface area contributed by atoms with Crippen molar-refractivity contribution in [1.82, 2.24) is 20.5 Å². The van der Waals surface area contributed by atoms with Crippen LogP contribution >= 0.6 is 23.1 Å². The number of thioether (sulfide) groups is 1. The Morgan fingerprint density at radius 3 is 2.68 bits per heavy atom. The number of amides is 3. The lowest BCUT2D eigenvalue weighted by Crippen LogP contribution is -2.71. The first-order valence-electron chi connectivity index (χ1n) is 11.5. The number of fused-ring (bicyclic) bond motifs is 1. The number of carbonyl (C=O) groups excluding carboxylic acids is 3. The number of hydrogen-bond donors (Lipinski definition) is 6. The third-order valence-corrected chi connectivity index (χ3v) is 7.81. The minimum Gasteiger partial charge on any atom is -0.504 e. The van der Waals surface area contributed by atoms with Crippen molar-refractivity contribution in [2.75, 3.05) is 24.6 Å². The summed E-state index contributed by atoms with van der Waals surface area (Å²) in [5.41, 5.74) is 4.06. The Morgan fingerprint density at radius 2 is 2.07 bits per heavy atom. The van der Waals surface area contributed by atoms with Crippen LogP contribution in [0.4, 0.5) is 10.8 Å². The Morgan fingerprint density at radius 1 is 1.34 bits per heavy atom. The molecule has 2 aliphatic rings. The molecule has 1 fully saturated rings. The van der Waals surface area contributed by atoms with E-state index in [1.807, 2.05) is 0 Å². The van der Waals surface area contributed by atoms with Gasteiger partial charge in [0.1, 0.15) is 29.4 Å². The number of nitro benzene ring substituents is 1. The van der Waals surface area contributed by atoms with Gasteiger partial charge in [-0.3, -0.25) is 29.4 Å². The molecule has 1 aromatic heterocycles. The number of phenols is 2. The average molecular weight is 608 g/mol. The maximum Gasteiger partial charge on any atom is 0.352 e. The number of benzene rings is 1. The Kier molecular flexibility index (Phi) is 8.28. The molecule has 0 spiro atoms. The summed E-state index contributed by atoms with van der Waals surface area (Å²) in [6.45, 7) is 1.45. The fraction of sp³-hybridized carbons (Fsp3) is 0.273. The number of rotatable bonds is 10. The van der Waals surface area contributed by atoms with E-state index < -0.39 is 57.2 Å². The molecule has 0 saturated carbocycles. The third-order valence-electron chi connectivity index (χ3n) is 5.79. The van der Waals surface area contributed by atoms with Gasteiger partial charge in [0.25, 0.3) is 17.7 Å². The fourth-order valence-corrected chi connectivity index (χ4v) is 5.82. The highest BCUT2D eigenvalue weighted by Gasteiger charge is 2.54. The molecule has 0 aliphatic carbocycles. The van der Waals surface area contributed by atoms with Crippen LogP contribution in [0.25, 0.3) is 0 Å². The van der Waals surface area contributed by atoms with Crippen molar-refractivity contribution in [1.29, 1.82) is 0 Å². The van der Waals surface area contributed by atoms with Gasteiger partial charge >= 0.3 is 11.7 Å². The molecule has 41 heavy (non-hydrogen) atoms. The van der Waals surface area contributed by atoms with Crippen molar-refractivity contribution < 1.29 is 44.3 Å². The van der Waals surface area contributed by atoms with Crippen LogP contribution in [0.2, 0.25) is 0 Å². The summed E-state index contributed by atoms with van der Waals surface area (Å²) in [4.78, 5) is 70.7. The molecule has 0 bridgehead atoms. The number of nitrogens with two attached hydrogens (primary N) is 1. The van der Waals surface area contributed by atoms with E-state index in [0.717, 1.165) is 40.1 Å². The van der Waals surface area contributed by atoms with E-state index in [-0.39, 0.29) is 52.3 Å². The van der Waals surface area contributed by atoms with Crippen molar-refractivity contribution in [2.24, 2.45) is 5.16 Å². The summed E-state index contributed by atoms with van der Waals surface area (Å²) in [6, 6.07) is 0.462. The van der Waals surface area contributed by atoms with Crippen LogP contribution in [0.3, 0.4) is 0 Å². The van der Waals surface area contributed by atoms with Gasteiger partial charge < -0.3 is 36.5 Å². The number of aliphatic carboxylic acids is 1. The number of carboxylic acid groups (broad SMARTS) is 1. The monoisotopic (exact) mass is 607 g/mol. The highest BCUT2D eigenvalue weighted by Crippen LogP contribution is 2.40. The number of nitrogens with zero attached hydrogens (tertiary/aromatic N) is 4. The Hall–Kier alpha value is -4.91. The number of nitro groups is 1. The van der Waals surface area contributed by atoms with E-state index in [2.05, 4.69) is 20.8 Å². The topological polar surface area (TPSA) is 260 Å². The van der Waals surface area contributed by atoms with Crippen molar-refractivity contribution in [2.45, 2.75) is 18.3 Å². The van der Waals surface area contributed by atoms with Gasteiger partial charge in [-0.05, 0) is 18.6 Å². The zero-order chi connectivity index (χ0) is 30.0. The Bertz CT molecular complexity index is 1520. The third kappa shape index (κ3) is 5.70. The van der Waals surface area contributed by atoms with Gasteiger partial charge in [0.15, 0.2) is 16.6 Å². The minimum atomic E-state index is -1.45. The molecule has 0 radical (unpaired) electrons. The summed E-state index contributed by atoms with van der Waals surface area (Å²) in [5.74, 6) is -5.72. The molecule has 3 heterocycles. The summed E-state index contributed by atoms with van der Waals surface area (Å²) >= 11 is 2.20. The molecule has 0 unspecified atom stereocenters. The predicted octanol–water partition coefficient (Wildman–Crippen LogP) is -0.0461. The molecular formula is C22H21N7O10S2. The van der Waals surface area contributed by atoms with Crippen molar-refractivity contribution in [3.8, 4) is 11.5 Å². The largest absolute Gasteiger partial charge is 0.504 e. The van der Waals surface area contributed by atoms with E-state index in [4.69, 9.17) is 10.6 Å². The molecule has 7 N–H and O–H groups in total. The molecule has 17 nitrogen and oxygen atoms in total. The highest BCUT2D eigenvalue weighted by atomic mass is 32.2. The number of nitrogens with one attached hydrogen (secondary N) is 2. The molecule has 1 saturated heterocycles. The molecule has 4 rings (SSSR count). The Balaban J connectivity index is 1.49. The van der Waals surface area contributed by atoms with Gasteiger partial charge in [-0.2, -0.15) is 0 Å². The number of oxime groups is 1. The summed E-state index contributed by atoms with van der Waals surface area (Å²) in [7, 11) is 0. The number of anilines is 1. The molecule has 19 heteroatoms. The standard InChI is InChI=1S/C22H21N7O10S2/c1-2-39-27-13(10-7-41-22(23)25-10)18(33)26-14-19(34)28-15(21(35)36)9(6-40-20(14)28)5-24-17(32)8-3-11(29(37)38)16(31)12(30)4-8/h3-4,7,14,20,30-31H,2,5-6H2,1H3,(H2,23,25)(H,24,32)(H,26,33)(H,35,36)/b27-13-/t14-,20-/m1/s1. The lowest BCUT2D eigenvalue weighted by atomic mass is 10.0. The zero-order valence-electron chi connectivity index (χ0n) is 20.9. The van der Waals surface area contributed by atoms with Crippen LogP contribution in [-0.2, 0) is 19.2 Å². The smallest absolute Gasteiger partial charge is 0.352 e. The summed E-state index contributed by atoms with van der Waals surface area (Å²) < 4.78 is 0. The molecule has 2 atom stereocenters. The van der Waals surface area contributed by atoms with E-state index in [1.165, 1.54) is 5.38 Å². The first kappa shape index (κ1) is 29.1. The van der Waals surface area contributed by atoms with Gasteiger partial charge in [0.2, 0.25) is 5.75 Å². The number of carbonyl (C=O) groups is 4. The molecule has 2 aromatic rings. The summed E-state index contributed by atoms with van der Waals surface area (Å²) in [5, 5.41) is 49.8. The second-order valence-electron chi connectivity index (χ2n) is 8.35. The van der Waals surface area contributed by atoms with Crippen LogP contribution in [0, 0.1) is 10.1 Å². The van der Waals surface area contributed by atoms with Crippen LogP contribution in [0.5, 0.6) is 11.5 Å². The van der Waals surface area contributed by atoms with Crippen LogP contribution in [0.15, 0.2) is 33.9 Å². The fourth-order valence-electron chi connectivity index (χ4n) is 3.92. The number of thiazole rings is 1. The lowest BCUT2D eigenvalue weighted by Gasteiger charge is -2.49. The van der Waals surface area contributed by atoms with E-state index in [1.54, 1.807) is 6.92 Å². The second-order valence-corrected chi connectivity index (χ2v) is 10.3. The van der Waals surface area contributed by atoms with Gasteiger partial charge in [-0.25, -0.2) is 9.78 Å². The lowest BCUT2D eigenvalue weighted by molar-refractivity contribution is -0.386. The van der Waals surface area contributed by atoms with Crippen LogP contribution in [-0.4, -0.2) is 89.8 Å². The molecular weight excluding hydrogens is 586 g/mol. The van der Waals surface area contributed by atoms with Gasteiger partial charge in [0.05, 0.1) is 10.5 Å². The number of nitrogen functional groups attached to an aromatic ring is 1. The molecule has 2 aliphatic heterocycles. The number of carboxylic acids is 1. The zero-order valence-corrected chi connectivity index (χ0v) is 22.5. The van der Waals surface area contributed by atoms with Gasteiger partial charge in [-0.15, -0.1) is 23.1 Å². The minimum absolute atomic E-state index is 0.0478. The quantitative estimate of drug-likeness (QED) is 0.0681. The second kappa shape index (κ2) is 11.7. The van der Waals surface area contributed by atoms with Crippen LogP contribution < -0.4 is 16.4 Å². The van der Waals surface area contributed by atoms with Crippen molar-refractivity contribution in [3.05, 3.63) is 50.2 Å². The maximum atomic E-state index is 13.0. The summed E-state index contributed by atoms with van der Waals surface area (Å²) in [6.07, 6.45) is 0. The van der Waals surface area contributed by atoms with Crippen LogP contribution in [0.1, 0.15) is 23.0 Å². The number of phenolic OH excluding ortho intramolecular Hbond substituents is 2. The van der Waals surface area contributed by atoms with E-state index >= 15 is 0 Å². The van der Waals surface area contributed by atoms with Gasteiger partial charge in [0, 0.05) is 23.7 Å². The van der Waals surface area contributed by atoms with E-state index in [0.29, 0.717) is 0 Å². The molecule has 3 amide bonds. The average Bonchev–Trinajstić information content (AvgIpc) is 3.36. The predicted molar refractivity (Wildman–Crippen MR) is 143 cm³/mol. The molecule has 216 valence electrons. The SMILES string of the molecule is CCO/N=C(\C(=O)N[C@@H]1C(=O)N2C(C(=O)O)=C(CNC(=O)c3cc(O)c(O)c([N+](=O)[O-])c3)CS[C@H]12)c1csc(N)n1. The number of aromatic nitrogens is 1.